The molecule has 1 atom stereocenters. The SMILES string of the molecule is Cc1c(C(=O)N2CCN3CCCCC3C2)cnn1Cc1ccccc1. The van der Waals surface area contributed by atoms with E-state index in [1.54, 1.807) is 6.20 Å². The molecule has 4 rings (SSSR count). The molecule has 1 aromatic heterocycles. The first-order chi connectivity index (χ1) is 12.2. The van der Waals surface area contributed by atoms with E-state index in [1.165, 1.54) is 31.4 Å². The molecule has 1 aromatic carbocycles. The third kappa shape index (κ3) is 3.33. The standard InChI is InChI=1S/C20H26N4O/c1-16-19(13-21-24(16)14-17-7-3-2-4-8-17)20(25)23-12-11-22-10-6-5-9-18(22)15-23/h2-4,7-8,13,18H,5-6,9-12,14-15H2,1H3. The molecule has 132 valence electrons. The number of amides is 1. The summed E-state index contributed by atoms with van der Waals surface area (Å²) in [5.74, 6) is 0.141. The number of rotatable bonds is 3. The fourth-order valence-corrected chi connectivity index (χ4v) is 4.08. The number of nitrogens with zero attached hydrogens (tertiary/aromatic N) is 4. The lowest BCUT2D eigenvalue weighted by molar-refractivity contribution is 0.0372. The molecule has 2 fully saturated rings. The number of benzene rings is 1. The van der Waals surface area contributed by atoms with E-state index in [9.17, 15) is 4.79 Å². The van der Waals surface area contributed by atoms with Gasteiger partial charge in [-0.1, -0.05) is 36.8 Å². The Hall–Kier alpha value is -2.14. The first kappa shape index (κ1) is 16.3. The highest BCUT2D eigenvalue weighted by Crippen LogP contribution is 2.23. The van der Waals surface area contributed by atoms with E-state index in [4.69, 9.17) is 0 Å². The third-order valence-electron chi connectivity index (χ3n) is 5.63. The third-order valence-corrected chi connectivity index (χ3v) is 5.63. The van der Waals surface area contributed by atoms with Crippen LogP contribution in [0.25, 0.3) is 0 Å². The monoisotopic (exact) mass is 338 g/mol. The highest BCUT2D eigenvalue weighted by atomic mass is 16.2. The van der Waals surface area contributed by atoms with Crippen LogP contribution in [-0.2, 0) is 6.54 Å². The van der Waals surface area contributed by atoms with Crippen molar-refractivity contribution < 1.29 is 4.79 Å². The maximum absolute atomic E-state index is 13.0. The summed E-state index contributed by atoms with van der Waals surface area (Å²) in [6.45, 7) is 6.60. The smallest absolute Gasteiger partial charge is 0.257 e. The number of piperazine rings is 1. The fourth-order valence-electron chi connectivity index (χ4n) is 4.08. The zero-order chi connectivity index (χ0) is 17.2. The molecule has 25 heavy (non-hydrogen) atoms. The summed E-state index contributed by atoms with van der Waals surface area (Å²) in [5.41, 5.74) is 2.91. The number of piperidine rings is 1. The van der Waals surface area contributed by atoms with Crippen LogP contribution in [0.5, 0.6) is 0 Å². The van der Waals surface area contributed by atoms with Crippen molar-refractivity contribution in [1.29, 1.82) is 0 Å². The molecule has 0 radical (unpaired) electrons. The second kappa shape index (κ2) is 7.00. The van der Waals surface area contributed by atoms with Crippen molar-refractivity contribution in [3.63, 3.8) is 0 Å². The van der Waals surface area contributed by atoms with Crippen molar-refractivity contribution in [1.82, 2.24) is 19.6 Å². The first-order valence-corrected chi connectivity index (χ1v) is 9.32. The molecular formula is C20H26N4O. The minimum absolute atomic E-state index is 0.141. The summed E-state index contributed by atoms with van der Waals surface area (Å²) in [7, 11) is 0. The largest absolute Gasteiger partial charge is 0.336 e. The van der Waals surface area contributed by atoms with Crippen molar-refractivity contribution in [3.05, 3.63) is 53.3 Å². The molecule has 0 saturated carbocycles. The Morgan fingerprint density at radius 3 is 2.84 bits per heavy atom. The second-order valence-electron chi connectivity index (χ2n) is 7.22. The van der Waals surface area contributed by atoms with E-state index < -0.39 is 0 Å². The van der Waals surface area contributed by atoms with Gasteiger partial charge in [0.1, 0.15) is 0 Å². The molecule has 1 amide bonds. The van der Waals surface area contributed by atoms with Gasteiger partial charge in [0.15, 0.2) is 0 Å². The summed E-state index contributed by atoms with van der Waals surface area (Å²) in [6, 6.07) is 10.8. The molecular weight excluding hydrogens is 312 g/mol. The van der Waals surface area contributed by atoms with E-state index >= 15 is 0 Å². The van der Waals surface area contributed by atoms with Crippen molar-refractivity contribution in [3.8, 4) is 0 Å². The van der Waals surface area contributed by atoms with Crippen LogP contribution in [-0.4, -0.2) is 57.7 Å². The topological polar surface area (TPSA) is 41.4 Å². The van der Waals surface area contributed by atoms with Gasteiger partial charge in [0.25, 0.3) is 5.91 Å². The lowest BCUT2D eigenvalue weighted by atomic mass is 9.99. The van der Waals surface area contributed by atoms with Gasteiger partial charge in [-0.25, -0.2) is 0 Å². The van der Waals surface area contributed by atoms with E-state index in [0.29, 0.717) is 12.6 Å². The Kier molecular flexibility index (Phi) is 4.57. The Morgan fingerprint density at radius 2 is 2.00 bits per heavy atom. The van der Waals surface area contributed by atoms with E-state index in [2.05, 4.69) is 22.1 Å². The molecule has 0 bridgehead atoms. The molecule has 5 heteroatoms. The van der Waals surface area contributed by atoms with Gasteiger partial charge in [0.2, 0.25) is 0 Å². The molecule has 3 heterocycles. The molecule has 0 spiro atoms. The summed E-state index contributed by atoms with van der Waals surface area (Å²) < 4.78 is 1.93. The number of hydrogen-bond donors (Lipinski definition) is 0. The molecule has 2 aliphatic rings. The lowest BCUT2D eigenvalue weighted by Gasteiger charge is -2.44. The molecule has 2 aliphatic heterocycles. The molecule has 0 N–H and O–H groups in total. The number of aromatic nitrogens is 2. The molecule has 5 nitrogen and oxygen atoms in total. The van der Waals surface area contributed by atoms with Crippen LogP contribution in [0.3, 0.4) is 0 Å². The van der Waals surface area contributed by atoms with Gasteiger partial charge < -0.3 is 4.90 Å². The van der Waals surface area contributed by atoms with Crippen molar-refractivity contribution in [2.24, 2.45) is 0 Å². The quantitative estimate of drug-likeness (QED) is 0.864. The highest BCUT2D eigenvalue weighted by molar-refractivity contribution is 5.95. The fraction of sp³-hybridized carbons (Fsp3) is 0.500. The van der Waals surface area contributed by atoms with E-state index in [-0.39, 0.29) is 5.91 Å². The van der Waals surface area contributed by atoms with Gasteiger partial charge in [0, 0.05) is 31.4 Å². The van der Waals surface area contributed by atoms with Gasteiger partial charge in [0.05, 0.1) is 18.3 Å². The van der Waals surface area contributed by atoms with Gasteiger partial charge >= 0.3 is 0 Å². The highest BCUT2D eigenvalue weighted by Gasteiger charge is 2.32. The van der Waals surface area contributed by atoms with Crippen molar-refractivity contribution >= 4 is 5.91 Å². The van der Waals surface area contributed by atoms with Crippen LogP contribution in [0.4, 0.5) is 0 Å². The Morgan fingerprint density at radius 1 is 1.16 bits per heavy atom. The summed E-state index contributed by atoms with van der Waals surface area (Å²) in [4.78, 5) is 17.6. The average Bonchev–Trinajstić information content (AvgIpc) is 3.02. The Labute approximate surface area is 149 Å². The zero-order valence-electron chi connectivity index (χ0n) is 14.9. The Balaban J connectivity index is 1.47. The molecule has 2 saturated heterocycles. The number of carbonyl (C=O) groups excluding carboxylic acids is 1. The maximum Gasteiger partial charge on any atom is 0.257 e. The first-order valence-electron chi connectivity index (χ1n) is 9.32. The maximum atomic E-state index is 13.0. The second-order valence-corrected chi connectivity index (χ2v) is 7.22. The minimum Gasteiger partial charge on any atom is -0.336 e. The number of fused-ring (bicyclic) bond motifs is 1. The van der Waals surface area contributed by atoms with Crippen LogP contribution in [0, 0.1) is 6.92 Å². The van der Waals surface area contributed by atoms with Gasteiger partial charge in [-0.3, -0.25) is 14.4 Å². The summed E-state index contributed by atoms with van der Waals surface area (Å²) in [5, 5.41) is 4.47. The van der Waals surface area contributed by atoms with Crippen LogP contribution < -0.4 is 0 Å². The normalized spacial score (nSPS) is 21.2. The zero-order valence-corrected chi connectivity index (χ0v) is 14.9. The van der Waals surface area contributed by atoms with E-state index in [1.807, 2.05) is 34.7 Å². The van der Waals surface area contributed by atoms with E-state index in [0.717, 1.165) is 30.9 Å². The number of carbonyl (C=O) groups is 1. The van der Waals surface area contributed by atoms with Crippen molar-refractivity contribution in [2.45, 2.75) is 38.8 Å². The van der Waals surface area contributed by atoms with Crippen molar-refractivity contribution in [2.75, 3.05) is 26.2 Å². The molecule has 0 aliphatic carbocycles. The minimum atomic E-state index is 0.141. The van der Waals surface area contributed by atoms with Gasteiger partial charge in [-0.05, 0) is 31.9 Å². The number of hydrogen-bond acceptors (Lipinski definition) is 3. The lowest BCUT2D eigenvalue weighted by Crippen LogP contribution is -2.56. The Bertz CT molecular complexity index is 739. The summed E-state index contributed by atoms with van der Waals surface area (Å²) >= 11 is 0. The molecule has 1 unspecified atom stereocenters. The average molecular weight is 338 g/mol. The summed E-state index contributed by atoms with van der Waals surface area (Å²) in [6.07, 6.45) is 5.55. The van der Waals surface area contributed by atoms with Gasteiger partial charge in [-0.2, -0.15) is 5.10 Å². The molecule has 2 aromatic rings. The predicted molar refractivity (Wildman–Crippen MR) is 97.6 cm³/mol. The predicted octanol–water partition coefficient (Wildman–Crippen LogP) is 2.55. The van der Waals surface area contributed by atoms with Crippen LogP contribution in [0.15, 0.2) is 36.5 Å². The van der Waals surface area contributed by atoms with Crippen LogP contribution >= 0.6 is 0 Å². The van der Waals surface area contributed by atoms with Crippen LogP contribution in [0.2, 0.25) is 0 Å². The van der Waals surface area contributed by atoms with Crippen LogP contribution in [0.1, 0.15) is 40.9 Å². The van der Waals surface area contributed by atoms with Gasteiger partial charge in [-0.15, -0.1) is 0 Å².